The largest absolute Gasteiger partial charge is 2.00 e. The number of benzene rings is 9. The van der Waals surface area contributed by atoms with Gasteiger partial charge in [-0.2, -0.15) is 24.0 Å². The molecular formula is C87H98Br6Cl5FI2MgN3O8Zn+. The van der Waals surface area contributed by atoms with Crippen LogP contribution >= 0.6 is 183 Å². The molecule has 9 aromatic carbocycles. The molecule has 11 nitrogen and oxygen atoms in total. The van der Waals surface area contributed by atoms with E-state index in [4.69, 9.17) is 88.6 Å². The number of alkyl halides is 1. The Balaban J connectivity index is 0.000000361. The molecule has 9 aromatic rings. The van der Waals surface area contributed by atoms with Gasteiger partial charge < -0.3 is 57.9 Å². The van der Waals surface area contributed by atoms with Crippen molar-refractivity contribution in [1.29, 1.82) is 0 Å². The molecule has 0 radical (unpaired) electrons. The molecule has 0 bridgehead atoms. The maximum Gasteiger partial charge on any atom is 2.00 e. The molecule has 3 atom stereocenters. The Morgan fingerprint density at radius 1 is 0.491 bits per heavy atom. The third-order valence-corrected chi connectivity index (χ3v) is 26.9. The molecule has 13 rings (SSSR count). The van der Waals surface area contributed by atoms with Gasteiger partial charge in [-0.05, 0) is 265 Å². The van der Waals surface area contributed by atoms with Gasteiger partial charge in [-0.25, -0.2) is 0 Å². The Morgan fingerprint density at radius 2 is 0.789 bits per heavy atom. The van der Waals surface area contributed by atoms with Gasteiger partial charge in [-0.3, -0.25) is 9.60 Å². The van der Waals surface area contributed by atoms with E-state index in [1.807, 2.05) is 220 Å². The van der Waals surface area contributed by atoms with Crippen molar-refractivity contribution in [2.45, 2.75) is 188 Å². The van der Waals surface area contributed by atoms with Gasteiger partial charge in [0.15, 0.2) is 6.21 Å². The third-order valence-electron chi connectivity index (χ3n) is 18.8. The van der Waals surface area contributed by atoms with Gasteiger partial charge in [-0.15, -0.1) is 0 Å². The van der Waals surface area contributed by atoms with Crippen molar-refractivity contribution in [2.24, 2.45) is 5.41 Å². The number of nitrogens with zero attached hydrogens (tertiary/aromatic N) is 3. The molecule has 0 aromatic heterocycles. The molecule has 3 heterocycles. The van der Waals surface area contributed by atoms with Gasteiger partial charge >= 0.3 is 23.1 Å². The van der Waals surface area contributed by atoms with Crippen LogP contribution in [0.4, 0.5) is 4.39 Å². The molecule has 1 aliphatic carbocycles. The maximum atomic E-state index is 10.5. The number of phenols is 1. The summed E-state index contributed by atoms with van der Waals surface area (Å²) in [7, 11) is -1.00. The molecular weight excluding hydrogens is 2230 g/mol. The van der Waals surface area contributed by atoms with Crippen molar-refractivity contribution in [3.05, 3.63) is 282 Å². The van der Waals surface area contributed by atoms with Crippen LogP contribution in [0, 0.1) is 19.0 Å². The van der Waals surface area contributed by atoms with Crippen LogP contribution < -0.4 is 35.9 Å². The molecule has 3 fully saturated rings. The van der Waals surface area contributed by atoms with Crippen LogP contribution in [0.25, 0.3) is 0 Å². The summed E-state index contributed by atoms with van der Waals surface area (Å²) in [4.78, 5) is 0. The fourth-order valence-corrected chi connectivity index (χ4v) is 17.5. The molecule has 27 heteroatoms. The number of halogens is 14. The van der Waals surface area contributed by atoms with E-state index < -0.39 is 7.15 Å². The predicted octanol–water partition coefficient (Wildman–Crippen LogP) is 27.1. The maximum absolute atomic E-state index is 10.5. The Kier molecular flexibility index (Phi) is 47.9. The first-order valence-corrected chi connectivity index (χ1v) is 43.9. The molecule has 3 aliphatic heterocycles. The van der Waals surface area contributed by atoms with E-state index >= 15 is 0 Å². The van der Waals surface area contributed by atoms with Crippen LogP contribution in [0.3, 0.4) is 0 Å². The van der Waals surface area contributed by atoms with E-state index in [1.54, 1.807) is 12.1 Å². The molecule has 4 aliphatic rings. The fourth-order valence-electron chi connectivity index (χ4n) is 12.3. The summed E-state index contributed by atoms with van der Waals surface area (Å²) < 4.78 is 47.1. The minimum Gasteiger partial charge on any atom is -1.00 e. The number of hydrogen-bond acceptors (Lipinski definition) is 10. The van der Waals surface area contributed by atoms with Crippen LogP contribution in [0.5, 0.6) is 28.7 Å². The molecule has 1 saturated carbocycles. The Morgan fingerprint density at radius 3 is 1.06 bits per heavy atom. The summed E-state index contributed by atoms with van der Waals surface area (Å²) in [5.41, 5.74) is 7.72. The van der Waals surface area contributed by atoms with Crippen LogP contribution in [0.1, 0.15) is 185 Å². The first-order valence-electron chi connectivity index (χ1n) is 36.6. The number of aromatic hydroxyl groups is 1. The van der Waals surface area contributed by atoms with E-state index in [0.29, 0.717) is 80.1 Å². The van der Waals surface area contributed by atoms with Crippen LogP contribution in [-0.2, 0) is 45.9 Å². The minimum atomic E-state index is -1.00. The van der Waals surface area contributed by atoms with E-state index in [9.17, 15) is 14.8 Å². The second-order valence-corrected chi connectivity index (χ2v) is 38.0. The smallest absolute Gasteiger partial charge is 1.00 e. The fraction of sp³-hybridized carbons (Fsp3) is 0.356. The summed E-state index contributed by atoms with van der Waals surface area (Å²) >= 11 is 52.6. The number of hydrogen-bond donors (Lipinski definition) is 4. The van der Waals surface area contributed by atoms with Crippen LogP contribution in [-0.4, -0.2) is 88.6 Å². The molecule has 610 valence electrons. The number of rotatable bonds is 15. The van der Waals surface area contributed by atoms with Crippen molar-refractivity contribution in [1.82, 2.24) is 10.1 Å². The quantitative estimate of drug-likeness (QED) is 0.0197. The van der Waals surface area contributed by atoms with Crippen LogP contribution in [0.15, 0.2) is 204 Å². The minimum absolute atomic E-state index is 0. The number of hydroxylamine groups is 5. The second kappa shape index (κ2) is 52.1. The monoisotopic (exact) mass is 2320 g/mol. The van der Waals surface area contributed by atoms with Crippen LogP contribution in [0.2, 0.25) is 25.1 Å². The molecule has 3 unspecified atom stereocenters. The summed E-state index contributed by atoms with van der Waals surface area (Å²) in [5, 5.41) is 44.8. The standard InChI is InChI=1S/C20H22BrClO.2C19H21BrClNO2.C13H9BrClIO.C6H3BrClIO.C6H12NO.C3H7.CH3F.BrH.Mg.Zn/c1-20(2)9-8-15(12-20)16-10-19(18(22)11-17(16)21)23-13-14-6-4-3-5-7-14;2*1-19(2)9-8-17(22(19)23)14-10-18(16(21)11-15(14)20)24-12-13-6-4-3-5-7-13;14-10-6-11(15)13(7-12(10)16)17-8-9-4-2-1-3-5-9;7-3-1-4(8)6(10)2-5(3)9;1-6(2)4-3-5-7(6)8;1-3-2;1-2;;;/h3-7,10-11,15H,8-9,12-13H2,1-2H3;2*3-7,10-11,17,23H,8-9,12H2,1-2H3;1-7H,8H2;1-2,10H;5,8H,3-4H2,1-2H3;3H,1-2H3;1H3;1H;;/q;;;;;+1;-1;;;+2;/p-1/i;;;;;;;1D;;;. The number of ether oxygens (including phenoxy) is 4. The first kappa shape index (κ1) is 105. The Bertz CT molecular complexity index is 4300. The molecule has 114 heavy (non-hydrogen) atoms. The molecule has 0 amide bonds. The van der Waals surface area contributed by atoms with E-state index in [0.717, 1.165) is 107 Å². The first-order chi connectivity index (χ1) is 52.9. The van der Waals surface area contributed by atoms with E-state index in [1.165, 1.54) is 39.7 Å². The van der Waals surface area contributed by atoms with Gasteiger partial charge in [0, 0.05) is 86.7 Å². The zero-order valence-electron chi connectivity index (χ0n) is 66.6. The Hall–Kier alpha value is -1.60. The second-order valence-electron chi connectivity index (χ2n) is 29.4. The van der Waals surface area contributed by atoms with Crippen molar-refractivity contribution in [2.75, 3.05) is 7.15 Å². The number of phenolic OH excluding ortho intramolecular Hbond substituents is 1. The van der Waals surface area contributed by atoms with Gasteiger partial charge in [0.2, 0.25) is 5.54 Å². The van der Waals surface area contributed by atoms with Gasteiger partial charge in [0.05, 0.1) is 45.7 Å². The summed E-state index contributed by atoms with van der Waals surface area (Å²) in [5.74, 6) is 3.46. The zero-order chi connectivity index (χ0) is 82.7. The van der Waals surface area contributed by atoms with Gasteiger partial charge in [0.25, 0.3) is 0 Å². The summed E-state index contributed by atoms with van der Waals surface area (Å²) in [6, 6.07) is 58.7. The van der Waals surface area contributed by atoms with Crippen molar-refractivity contribution >= 4 is 212 Å². The van der Waals surface area contributed by atoms with Crippen molar-refractivity contribution < 1.29 is 86.6 Å². The Labute approximate surface area is 810 Å². The van der Waals surface area contributed by atoms with Gasteiger partial charge in [0.1, 0.15) is 55.2 Å². The normalized spacial score (nSPS) is 17.0. The summed E-state index contributed by atoms with van der Waals surface area (Å²) in [6.07, 6.45) is 13.2. The molecule has 0 spiro atoms. The van der Waals surface area contributed by atoms with Gasteiger partial charge in [-0.1, -0.05) is 241 Å². The summed E-state index contributed by atoms with van der Waals surface area (Å²) in [6.45, 7) is 22.9. The topological polar surface area (TPSA) is 127 Å². The SMILES string of the molecule is CC1(C)CCC(c2cc(OCc3ccccc3)c(Cl)cc2Br)C1.CC1(C)CCC(c2cc(OCc3ccccc3)c(Cl)cc2Br)N1O.CC1(C)CCC(c2cc(OCc3ccccc3)c(Cl)cc2Br)N1O.CC1(C)CCC=[N+]1O.C[CH-]C.Clc1cc(Br)c(I)cc1OCc1ccccc1.Oc1cc(I)c(Br)cc1Cl.[2H]CF.[Br-].[Mg+2].[Zn]. The van der Waals surface area contributed by atoms with E-state index in [2.05, 4.69) is 157 Å². The van der Waals surface area contributed by atoms with Crippen molar-refractivity contribution in [3.63, 3.8) is 0 Å². The molecule has 2 saturated heterocycles. The predicted molar refractivity (Wildman–Crippen MR) is 496 cm³/mol. The molecule has 4 N–H and O–H groups in total. The average Bonchev–Trinajstić information content (AvgIpc) is 1.66. The zero-order valence-corrected chi connectivity index (χ0v) is 87.6. The average molecular weight is 2330 g/mol. The third kappa shape index (κ3) is 33.6. The van der Waals surface area contributed by atoms with E-state index in [-0.39, 0.29) is 94.0 Å². The van der Waals surface area contributed by atoms with Crippen molar-refractivity contribution in [3.8, 4) is 28.7 Å².